The van der Waals surface area contributed by atoms with Gasteiger partial charge in [0.15, 0.2) is 0 Å². The molecule has 0 saturated heterocycles. The van der Waals surface area contributed by atoms with E-state index >= 15 is 0 Å². The van der Waals surface area contributed by atoms with Gasteiger partial charge in [-0.25, -0.2) is 0 Å². The molecular formula is C24H36Cl2S2. The first kappa shape index (κ1) is 24.5. The van der Waals surface area contributed by atoms with Gasteiger partial charge in [0, 0.05) is 21.6 Å². The Morgan fingerprint density at radius 3 is 1.21 bits per heavy atom. The maximum atomic E-state index is 6.88. The molecule has 4 atom stereocenters. The van der Waals surface area contributed by atoms with E-state index in [2.05, 4.69) is 81.4 Å². The first-order valence-electron chi connectivity index (χ1n) is 10.1. The normalized spacial score (nSPS) is 29.9. The molecule has 0 aromatic heterocycles. The molecule has 0 N–H and O–H groups in total. The van der Waals surface area contributed by atoms with Crippen LogP contribution in [0.15, 0.2) is 44.3 Å². The van der Waals surface area contributed by atoms with Crippen LogP contribution in [0.2, 0.25) is 0 Å². The summed E-state index contributed by atoms with van der Waals surface area (Å²) >= 11 is 13.8. The summed E-state index contributed by atoms with van der Waals surface area (Å²) in [6, 6.07) is 0. The van der Waals surface area contributed by atoms with Gasteiger partial charge >= 0.3 is 0 Å². The Bertz CT molecular complexity index is 678. The average Bonchev–Trinajstić information content (AvgIpc) is 2.54. The van der Waals surface area contributed by atoms with E-state index in [1.807, 2.05) is 21.6 Å². The molecule has 0 amide bonds. The highest BCUT2D eigenvalue weighted by Crippen LogP contribution is 2.53. The van der Waals surface area contributed by atoms with Gasteiger partial charge in [0.2, 0.25) is 0 Å². The Kier molecular flexibility index (Phi) is 7.68. The first-order chi connectivity index (χ1) is 12.7. The van der Waals surface area contributed by atoms with E-state index in [0.29, 0.717) is 11.8 Å². The molecule has 0 radical (unpaired) electrons. The maximum absolute atomic E-state index is 6.88. The summed E-state index contributed by atoms with van der Waals surface area (Å²) in [5.41, 5.74) is 5.58. The molecule has 0 aromatic rings. The van der Waals surface area contributed by atoms with Gasteiger partial charge < -0.3 is 0 Å². The van der Waals surface area contributed by atoms with E-state index in [1.54, 1.807) is 0 Å². The van der Waals surface area contributed by atoms with Crippen LogP contribution in [0, 0.1) is 22.7 Å². The third-order valence-electron chi connectivity index (χ3n) is 5.77. The SMILES string of the molecule is CC1=C(SSC2=C(C)C=C(C(C)(C)C)C(Cl)C2C)C(C)C(Cl)C(C(C)(C)C)=C1. The molecule has 0 aliphatic heterocycles. The minimum atomic E-state index is 0.0545. The molecule has 4 heteroatoms. The van der Waals surface area contributed by atoms with E-state index < -0.39 is 0 Å². The van der Waals surface area contributed by atoms with Gasteiger partial charge in [-0.3, -0.25) is 0 Å². The van der Waals surface area contributed by atoms with E-state index in [-0.39, 0.29) is 21.6 Å². The number of rotatable bonds is 3. The molecule has 2 aliphatic carbocycles. The number of halogens is 2. The minimum absolute atomic E-state index is 0.0545. The van der Waals surface area contributed by atoms with Gasteiger partial charge in [-0.15, -0.1) is 23.2 Å². The van der Waals surface area contributed by atoms with Crippen molar-refractivity contribution in [1.29, 1.82) is 0 Å². The standard InChI is InChI=1S/C24H36Cl2S2/c1-13-11-17(23(5,6)7)19(25)15(3)21(13)27-28-22-14(2)12-18(24(8,9)10)20(26)16(22)4/h11-12,15-16,19-20H,1-10H3. The molecule has 0 bridgehead atoms. The molecule has 158 valence electrons. The second-order valence-electron chi connectivity index (χ2n) is 10.3. The van der Waals surface area contributed by atoms with E-state index in [4.69, 9.17) is 23.2 Å². The van der Waals surface area contributed by atoms with Crippen LogP contribution < -0.4 is 0 Å². The van der Waals surface area contributed by atoms with E-state index in [1.165, 1.54) is 32.1 Å². The van der Waals surface area contributed by atoms with Crippen LogP contribution >= 0.6 is 44.8 Å². The molecule has 0 heterocycles. The zero-order valence-electron chi connectivity index (χ0n) is 19.0. The number of alkyl halides is 2. The Morgan fingerprint density at radius 1 is 0.679 bits per heavy atom. The van der Waals surface area contributed by atoms with Crippen molar-refractivity contribution < 1.29 is 0 Å². The third kappa shape index (κ3) is 5.10. The second-order valence-corrected chi connectivity index (χ2v) is 13.5. The zero-order valence-corrected chi connectivity index (χ0v) is 22.2. The molecule has 2 rings (SSSR count). The summed E-state index contributed by atoms with van der Waals surface area (Å²) in [5.74, 6) is 0.649. The number of hydrogen-bond donors (Lipinski definition) is 0. The van der Waals surface area contributed by atoms with Crippen LogP contribution in [-0.2, 0) is 0 Å². The van der Waals surface area contributed by atoms with Crippen LogP contribution in [0.5, 0.6) is 0 Å². The molecule has 0 aromatic carbocycles. The van der Waals surface area contributed by atoms with Crippen molar-refractivity contribution in [3.8, 4) is 0 Å². The lowest BCUT2D eigenvalue weighted by Crippen LogP contribution is -2.28. The molecule has 0 fully saturated rings. The fraction of sp³-hybridized carbons (Fsp3) is 0.667. The lowest BCUT2D eigenvalue weighted by molar-refractivity contribution is 0.460. The van der Waals surface area contributed by atoms with Gasteiger partial charge in [0.1, 0.15) is 0 Å². The lowest BCUT2D eigenvalue weighted by Gasteiger charge is -2.37. The van der Waals surface area contributed by atoms with Crippen molar-refractivity contribution >= 4 is 44.8 Å². The van der Waals surface area contributed by atoms with Crippen LogP contribution in [-0.4, -0.2) is 10.8 Å². The van der Waals surface area contributed by atoms with Gasteiger partial charge in [0.05, 0.1) is 10.8 Å². The Morgan fingerprint density at radius 2 is 0.964 bits per heavy atom. The van der Waals surface area contributed by atoms with Crippen LogP contribution in [0.4, 0.5) is 0 Å². The molecule has 28 heavy (non-hydrogen) atoms. The van der Waals surface area contributed by atoms with E-state index in [9.17, 15) is 0 Å². The van der Waals surface area contributed by atoms with Crippen LogP contribution in [0.1, 0.15) is 69.2 Å². The maximum Gasteiger partial charge on any atom is 0.0624 e. The average molecular weight is 460 g/mol. The molecule has 4 unspecified atom stereocenters. The summed E-state index contributed by atoms with van der Waals surface area (Å²) in [6.45, 7) is 22.5. The largest absolute Gasteiger partial charge is 0.117 e. The predicted octanol–water partition coefficient (Wildman–Crippen LogP) is 9.37. The van der Waals surface area contributed by atoms with Gasteiger partial charge in [-0.1, -0.05) is 89.1 Å². The summed E-state index contributed by atoms with van der Waals surface area (Å²) in [6.07, 6.45) is 4.63. The predicted molar refractivity (Wildman–Crippen MR) is 133 cm³/mol. The second kappa shape index (κ2) is 8.77. The zero-order chi connectivity index (χ0) is 21.6. The van der Waals surface area contributed by atoms with Crippen molar-refractivity contribution in [1.82, 2.24) is 0 Å². The summed E-state index contributed by atoms with van der Waals surface area (Å²) < 4.78 is 0. The van der Waals surface area contributed by atoms with E-state index in [0.717, 1.165) is 0 Å². The monoisotopic (exact) mass is 458 g/mol. The van der Waals surface area contributed by atoms with Crippen molar-refractivity contribution in [2.75, 3.05) is 0 Å². The summed E-state index contributed by atoms with van der Waals surface area (Å²) in [7, 11) is 3.75. The number of hydrogen-bond acceptors (Lipinski definition) is 2. The highest BCUT2D eigenvalue weighted by Gasteiger charge is 2.36. The summed E-state index contributed by atoms with van der Waals surface area (Å²) in [4.78, 5) is 2.78. The quantitative estimate of drug-likeness (QED) is 0.304. The lowest BCUT2D eigenvalue weighted by atomic mass is 9.77. The van der Waals surface area contributed by atoms with Crippen LogP contribution in [0.25, 0.3) is 0 Å². The third-order valence-corrected chi connectivity index (χ3v) is 10.2. The summed E-state index contributed by atoms with van der Waals surface area (Å²) in [5, 5.41) is 0.109. The molecular weight excluding hydrogens is 423 g/mol. The molecule has 0 nitrogen and oxygen atoms in total. The number of allylic oxidation sites excluding steroid dienone is 8. The van der Waals surface area contributed by atoms with Crippen LogP contribution in [0.3, 0.4) is 0 Å². The topological polar surface area (TPSA) is 0 Å². The smallest absolute Gasteiger partial charge is 0.0624 e. The first-order valence-corrected chi connectivity index (χ1v) is 13.2. The highest BCUT2D eigenvalue weighted by atomic mass is 35.5. The van der Waals surface area contributed by atoms with Gasteiger partial charge in [0.25, 0.3) is 0 Å². The molecule has 0 spiro atoms. The highest BCUT2D eigenvalue weighted by molar-refractivity contribution is 8.79. The molecule has 2 aliphatic rings. The fourth-order valence-electron chi connectivity index (χ4n) is 3.92. The Balaban J connectivity index is 2.30. The Labute approximate surface area is 191 Å². The Hall–Kier alpha value is 0.240. The van der Waals surface area contributed by atoms with Gasteiger partial charge in [-0.05, 0) is 47.0 Å². The minimum Gasteiger partial charge on any atom is -0.117 e. The van der Waals surface area contributed by atoms with Crippen molar-refractivity contribution in [3.05, 3.63) is 44.3 Å². The van der Waals surface area contributed by atoms with Crippen molar-refractivity contribution in [3.63, 3.8) is 0 Å². The van der Waals surface area contributed by atoms with Gasteiger partial charge in [-0.2, -0.15) is 0 Å². The fourth-order valence-corrected chi connectivity index (χ4v) is 8.48. The molecule has 0 saturated carbocycles. The van der Waals surface area contributed by atoms with Crippen molar-refractivity contribution in [2.24, 2.45) is 22.7 Å². The van der Waals surface area contributed by atoms with Crippen molar-refractivity contribution in [2.45, 2.75) is 80.0 Å².